The summed E-state index contributed by atoms with van der Waals surface area (Å²) in [6, 6.07) is 6.77. The zero-order valence-electron chi connectivity index (χ0n) is 11.5. The van der Waals surface area contributed by atoms with Crippen molar-refractivity contribution in [2.24, 2.45) is 5.92 Å². The van der Waals surface area contributed by atoms with E-state index in [4.69, 9.17) is 9.84 Å². The summed E-state index contributed by atoms with van der Waals surface area (Å²) in [5, 5.41) is 11.9. The van der Waals surface area contributed by atoms with Crippen molar-refractivity contribution < 1.29 is 19.4 Å². The average molecular weight is 356 g/mol. The third kappa shape index (κ3) is 4.82. The number of ether oxygens (including phenoxy) is 1. The number of carbonyl (C=O) groups is 2. The molecule has 1 aromatic rings. The number of aliphatic carboxylic acids is 1. The zero-order valence-corrected chi connectivity index (χ0v) is 13.1. The van der Waals surface area contributed by atoms with Crippen LogP contribution in [0, 0.1) is 5.92 Å². The third-order valence-corrected chi connectivity index (χ3v) is 4.03. The Bertz CT molecular complexity index is 497. The van der Waals surface area contributed by atoms with Gasteiger partial charge in [-0.25, -0.2) is 0 Å². The summed E-state index contributed by atoms with van der Waals surface area (Å²) in [7, 11) is 0. The lowest BCUT2D eigenvalue weighted by Gasteiger charge is -2.24. The Kier molecular flexibility index (Phi) is 5.76. The van der Waals surface area contributed by atoms with E-state index in [-0.39, 0.29) is 18.2 Å². The molecule has 1 fully saturated rings. The fourth-order valence-electron chi connectivity index (χ4n) is 2.36. The maximum Gasteiger partial charge on any atom is 0.305 e. The van der Waals surface area contributed by atoms with Gasteiger partial charge in [0.1, 0.15) is 0 Å². The van der Waals surface area contributed by atoms with Gasteiger partial charge in [-0.3, -0.25) is 9.59 Å². The highest BCUT2D eigenvalue weighted by Gasteiger charge is 2.25. The molecule has 0 saturated carbocycles. The number of carboxylic acid groups (broad SMARTS) is 1. The fraction of sp³-hybridized carbons (Fsp3) is 0.467. The minimum absolute atomic E-state index is 0.135. The van der Waals surface area contributed by atoms with Crippen molar-refractivity contribution in [3.63, 3.8) is 0 Å². The SMILES string of the molecule is O=C(O)C[C@@H](NC(=O)[C@H]1CCCOC1)c1ccc(Br)cc1. The number of amides is 1. The summed E-state index contributed by atoms with van der Waals surface area (Å²) in [5.74, 6) is -1.27. The van der Waals surface area contributed by atoms with Crippen molar-refractivity contribution in [1.82, 2.24) is 5.32 Å². The number of rotatable bonds is 5. The van der Waals surface area contributed by atoms with Crippen molar-refractivity contribution in [3.05, 3.63) is 34.3 Å². The van der Waals surface area contributed by atoms with Crippen LogP contribution in [0.15, 0.2) is 28.7 Å². The van der Waals surface area contributed by atoms with Crippen molar-refractivity contribution in [3.8, 4) is 0 Å². The number of halogens is 1. The molecule has 0 spiro atoms. The van der Waals surface area contributed by atoms with Gasteiger partial charge in [-0.15, -0.1) is 0 Å². The molecule has 114 valence electrons. The minimum atomic E-state index is -0.942. The smallest absolute Gasteiger partial charge is 0.305 e. The molecule has 1 heterocycles. The molecule has 0 bridgehead atoms. The van der Waals surface area contributed by atoms with Gasteiger partial charge in [-0.1, -0.05) is 28.1 Å². The molecule has 2 rings (SSSR count). The van der Waals surface area contributed by atoms with Crippen LogP contribution in [0.4, 0.5) is 0 Å². The normalized spacial score (nSPS) is 19.8. The lowest BCUT2D eigenvalue weighted by molar-refractivity contribution is -0.138. The quantitative estimate of drug-likeness (QED) is 0.850. The molecule has 0 aromatic heterocycles. The van der Waals surface area contributed by atoms with Crippen LogP contribution >= 0.6 is 15.9 Å². The number of hydrogen-bond acceptors (Lipinski definition) is 3. The maximum atomic E-state index is 12.2. The molecular formula is C15H18BrNO4. The van der Waals surface area contributed by atoms with Crippen LogP contribution in [0.3, 0.4) is 0 Å². The zero-order chi connectivity index (χ0) is 15.2. The third-order valence-electron chi connectivity index (χ3n) is 3.50. The Morgan fingerprint density at radius 3 is 2.67 bits per heavy atom. The van der Waals surface area contributed by atoms with Crippen LogP contribution in [0.2, 0.25) is 0 Å². The molecule has 1 amide bonds. The monoisotopic (exact) mass is 355 g/mol. The molecule has 2 atom stereocenters. The highest BCUT2D eigenvalue weighted by molar-refractivity contribution is 9.10. The van der Waals surface area contributed by atoms with Gasteiger partial charge in [0, 0.05) is 11.1 Å². The minimum Gasteiger partial charge on any atom is -0.481 e. The van der Waals surface area contributed by atoms with Crippen molar-refractivity contribution in [1.29, 1.82) is 0 Å². The Morgan fingerprint density at radius 2 is 2.10 bits per heavy atom. The van der Waals surface area contributed by atoms with Crippen LogP contribution in [0.5, 0.6) is 0 Å². The van der Waals surface area contributed by atoms with Gasteiger partial charge in [0.2, 0.25) is 5.91 Å². The Labute approximate surface area is 131 Å². The van der Waals surface area contributed by atoms with Crippen LogP contribution in [-0.4, -0.2) is 30.2 Å². The topological polar surface area (TPSA) is 75.6 Å². The van der Waals surface area contributed by atoms with Gasteiger partial charge >= 0.3 is 5.97 Å². The van der Waals surface area contributed by atoms with Crippen LogP contribution in [0.1, 0.15) is 30.9 Å². The van der Waals surface area contributed by atoms with E-state index in [1.807, 2.05) is 24.3 Å². The first kappa shape index (κ1) is 16.0. The first-order chi connectivity index (χ1) is 10.1. The number of hydrogen-bond donors (Lipinski definition) is 2. The number of carbonyl (C=O) groups excluding carboxylic acids is 1. The first-order valence-corrected chi connectivity index (χ1v) is 7.71. The van der Waals surface area contributed by atoms with Gasteiger partial charge in [0.05, 0.1) is 25.0 Å². The molecular weight excluding hydrogens is 338 g/mol. The number of nitrogens with one attached hydrogen (secondary N) is 1. The first-order valence-electron chi connectivity index (χ1n) is 6.91. The summed E-state index contributed by atoms with van der Waals surface area (Å²) in [6.45, 7) is 1.10. The van der Waals surface area contributed by atoms with E-state index in [0.717, 1.165) is 22.9 Å². The summed E-state index contributed by atoms with van der Waals surface area (Å²) < 4.78 is 6.21. The van der Waals surface area contributed by atoms with E-state index in [2.05, 4.69) is 21.2 Å². The van der Waals surface area contributed by atoms with Crippen LogP contribution in [-0.2, 0) is 14.3 Å². The second kappa shape index (κ2) is 7.56. The molecule has 1 saturated heterocycles. The second-order valence-electron chi connectivity index (χ2n) is 5.12. The highest BCUT2D eigenvalue weighted by Crippen LogP contribution is 2.22. The van der Waals surface area contributed by atoms with E-state index in [1.165, 1.54) is 0 Å². The second-order valence-corrected chi connectivity index (χ2v) is 6.04. The Balaban J connectivity index is 2.06. The summed E-state index contributed by atoms with van der Waals surface area (Å²) in [4.78, 5) is 23.3. The standard InChI is InChI=1S/C15H18BrNO4/c16-12-5-3-10(4-6-12)13(8-14(18)19)17-15(20)11-2-1-7-21-9-11/h3-6,11,13H,1-2,7-9H2,(H,17,20)(H,18,19)/t11-,13+/m0/s1. The van der Waals surface area contributed by atoms with E-state index in [0.29, 0.717) is 13.2 Å². The molecule has 1 aliphatic heterocycles. The van der Waals surface area contributed by atoms with Crippen LogP contribution in [0.25, 0.3) is 0 Å². The number of benzene rings is 1. The molecule has 0 aliphatic carbocycles. The van der Waals surface area contributed by atoms with Crippen molar-refractivity contribution >= 4 is 27.8 Å². The van der Waals surface area contributed by atoms with Gasteiger partial charge in [-0.2, -0.15) is 0 Å². The van der Waals surface area contributed by atoms with E-state index in [9.17, 15) is 9.59 Å². The van der Waals surface area contributed by atoms with E-state index >= 15 is 0 Å². The molecule has 1 aromatic carbocycles. The maximum absolute atomic E-state index is 12.2. The van der Waals surface area contributed by atoms with Crippen LogP contribution < -0.4 is 5.32 Å². The lowest BCUT2D eigenvalue weighted by Crippen LogP contribution is -2.38. The molecule has 5 nitrogen and oxygen atoms in total. The highest BCUT2D eigenvalue weighted by atomic mass is 79.9. The molecule has 1 aliphatic rings. The van der Waals surface area contributed by atoms with E-state index < -0.39 is 12.0 Å². The average Bonchev–Trinajstić information content (AvgIpc) is 2.48. The number of carboxylic acids is 1. The van der Waals surface area contributed by atoms with Gasteiger partial charge < -0.3 is 15.2 Å². The summed E-state index contributed by atoms with van der Waals surface area (Å²) in [5.41, 5.74) is 0.783. The summed E-state index contributed by atoms with van der Waals surface area (Å²) in [6.07, 6.45) is 1.51. The van der Waals surface area contributed by atoms with Gasteiger partial charge in [-0.05, 0) is 30.5 Å². The molecule has 0 radical (unpaired) electrons. The van der Waals surface area contributed by atoms with E-state index in [1.54, 1.807) is 0 Å². The summed E-state index contributed by atoms with van der Waals surface area (Å²) >= 11 is 3.34. The lowest BCUT2D eigenvalue weighted by atomic mass is 9.98. The van der Waals surface area contributed by atoms with Crippen molar-refractivity contribution in [2.45, 2.75) is 25.3 Å². The Hall–Kier alpha value is -1.40. The van der Waals surface area contributed by atoms with Crippen molar-refractivity contribution in [2.75, 3.05) is 13.2 Å². The molecule has 21 heavy (non-hydrogen) atoms. The predicted octanol–water partition coefficient (Wildman–Crippen LogP) is 2.51. The largest absolute Gasteiger partial charge is 0.481 e. The molecule has 6 heteroatoms. The molecule has 0 unspecified atom stereocenters. The molecule has 2 N–H and O–H groups in total. The van der Waals surface area contributed by atoms with Gasteiger partial charge in [0.15, 0.2) is 0 Å². The van der Waals surface area contributed by atoms with Gasteiger partial charge in [0.25, 0.3) is 0 Å². The Morgan fingerprint density at radius 1 is 1.38 bits per heavy atom. The predicted molar refractivity (Wildman–Crippen MR) is 80.8 cm³/mol. The fourth-order valence-corrected chi connectivity index (χ4v) is 2.62.